The van der Waals surface area contributed by atoms with Crippen LogP contribution < -0.4 is 5.32 Å². The van der Waals surface area contributed by atoms with Gasteiger partial charge in [0.15, 0.2) is 5.78 Å². The van der Waals surface area contributed by atoms with Crippen LogP contribution in [0.5, 0.6) is 0 Å². The van der Waals surface area contributed by atoms with Gasteiger partial charge in [-0.05, 0) is 35.4 Å². The number of piperazine rings is 1. The summed E-state index contributed by atoms with van der Waals surface area (Å²) in [5.74, 6) is -0.514. The summed E-state index contributed by atoms with van der Waals surface area (Å²) in [6.07, 6.45) is 0. The van der Waals surface area contributed by atoms with Gasteiger partial charge in [0.25, 0.3) is 0 Å². The fourth-order valence-electron chi connectivity index (χ4n) is 3.54. The highest BCUT2D eigenvalue weighted by Crippen LogP contribution is 2.32. The Labute approximate surface area is 165 Å². The van der Waals surface area contributed by atoms with Crippen LogP contribution in [-0.4, -0.2) is 36.4 Å². The third kappa shape index (κ3) is 4.92. The first-order valence-corrected chi connectivity index (χ1v) is 8.98. The highest BCUT2D eigenvalue weighted by atomic mass is 35.5. The van der Waals surface area contributed by atoms with Crippen LogP contribution in [0.25, 0.3) is 0 Å². The maximum atomic E-state index is 13.4. The standard InChI is InChI=1S/C21H24F2N2O.ClH/c1-14(2)21(26)19-13-24-11-12-25(19)20(15-3-7-17(22)8-4-15)16-5-9-18(23)10-6-16;/h3-10,14,19-20,24H,11-13H2,1-2H3;1H. The van der Waals surface area contributed by atoms with E-state index in [-0.39, 0.29) is 47.8 Å². The van der Waals surface area contributed by atoms with E-state index in [9.17, 15) is 13.6 Å². The predicted octanol–water partition coefficient (Wildman–Crippen LogP) is 3.97. The van der Waals surface area contributed by atoms with Crippen molar-refractivity contribution in [2.45, 2.75) is 25.9 Å². The average molecular weight is 395 g/mol. The van der Waals surface area contributed by atoms with Gasteiger partial charge in [0.2, 0.25) is 0 Å². The zero-order chi connectivity index (χ0) is 18.7. The van der Waals surface area contributed by atoms with Gasteiger partial charge in [-0.3, -0.25) is 9.69 Å². The summed E-state index contributed by atoms with van der Waals surface area (Å²) in [5.41, 5.74) is 1.78. The Morgan fingerprint density at radius 1 is 1.00 bits per heavy atom. The van der Waals surface area contributed by atoms with Crippen LogP contribution >= 0.6 is 12.4 Å². The van der Waals surface area contributed by atoms with E-state index in [4.69, 9.17) is 0 Å². The van der Waals surface area contributed by atoms with Gasteiger partial charge in [0, 0.05) is 25.6 Å². The molecule has 1 heterocycles. The normalized spacial score (nSPS) is 17.8. The molecule has 6 heteroatoms. The van der Waals surface area contributed by atoms with Gasteiger partial charge in [-0.15, -0.1) is 12.4 Å². The van der Waals surface area contributed by atoms with Crippen molar-refractivity contribution in [3.63, 3.8) is 0 Å². The number of benzene rings is 2. The Morgan fingerprint density at radius 2 is 1.48 bits per heavy atom. The minimum Gasteiger partial charge on any atom is -0.313 e. The molecular weight excluding hydrogens is 370 g/mol. The minimum absolute atomic E-state index is 0. The summed E-state index contributed by atoms with van der Waals surface area (Å²) in [5, 5.41) is 3.29. The lowest BCUT2D eigenvalue weighted by Crippen LogP contribution is -2.56. The predicted molar refractivity (Wildman–Crippen MR) is 105 cm³/mol. The van der Waals surface area contributed by atoms with Crippen LogP contribution in [-0.2, 0) is 4.79 Å². The Bertz CT molecular complexity index is 704. The third-order valence-electron chi connectivity index (χ3n) is 4.89. The Balaban J connectivity index is 0.00000261. The topological polar surface area (TPSA) is 32.3 Å². The van der Waals surface area contributed by atoms with Crippen molar-refractivity contribution >= 4 is 18.2 Å². The van der Waals surface area contributed by atoms with Crippen molar-refractivity contribution in [3.8, 4) is 0 Å². The zero-order valence-electron chi connectivity index (χ0n) is 15.5. The van der Waals surface area contributed by atoms with Gasteiger partial charge < -0.3 is 5.32 Å². The molecule has 2 aromatic rings. The van der Waals surface area contributed by atoms with E-state index in [0.717, 1.165) is 17.7 Å². The molecule has 0 aromatic heterocycles. The van der Waals surface area contributed by atoms with E-state index in [0.29, 0.717) is 13.1 Å². The Kier molecular flexibility index (Phi) is 7.48. The summed E-state index contributed by atoms with van der Waals surface area (Å²) in [6, 6.07) is 12.1. The Hall–Kier alpha value is -1.82. The van der Waals surface area contributed by atoms with Crippen LogP contribution in [0.4, 0.5) is 8.78 Å². The van der Waals surface area contributed by atoms with Crippen molar-refractivity contribution in [2.75, 3.05) is 19.6 Å². The minimum atomic E-state index is -0.304. The van der Waals surface area contributed by atoms with E-state index in [2.05, 4.69) is 10.2 Å². The van der Waals surface area contributed by atoms with Crippen molar-refractivity contribution in [2.24, 2.45) is 5.92 Å². The number of carbonyl (C=O) groups is 1. The first-order valence-electron chi connectivity index (χ1n) is 8.98. The molecule has 0 amide bonds. The van der Waals surface area contributed by atoms with Crippen molar-refractivity contribution in [1.82, 2.24) is 10.2 Å². The molecule has 1 N–H and O–H groups in total. The summed E-state index contributed by atoms with van der Waals surface area (Å²) >= 11 is 0. The molecule has 1 aliphatic rings. The first-order chi connectivity index (χ1) is 12.5. The quantitative estimate of drug-likeness (QED) is 0.832. The number of carbonyl (C=O) groups excluding carboxylic acids is 1. The summed E-state index contributed by atoms with van der Waals surface area (Å²) in [4.78, 5) is 14.9. The highest BCUT2D eigenvalue weighted by molar-refractivity contribution is 5.86. The molecule has 0 saturated carbocycles. The fourth-order valence-corrected chi connectivity index (χ4v) is 3.54. The summed E-state index contributed by atoms with van der Waals surface area (Å²) < 4.78 is 26.9. The highest BCUT2D eigenvalue weighted by Gasteiger charge is 2.35. The van der Waals surface area contributed by atoms with E-state index >= 15 is 0 Å². The molecular formula is C21H25ClF2N2O. The van der Waals surface area contributed by atoms with Gasteiger partial charge in [-0.1, -0.05) is 38.1 Å². The molecule has 1 atom stereocenters. The molecule has 2 aromatic carbocycles. The molecule has 1 fully saturated rings. The van der Waals surface area contributed by atoms with Crippen LogP contribution in [0.2, 0.25) is 0 Å². The van der Waals surface area contributed by atoms with Gasteiger partial charge in [0.1, 0.15) is 11.6 Å². The molecule has 1 aliphatic heterocycles. The number of ketones is 1. The molecule has 1 saturated heterocycles. The first kappa shape index (κ1) is 21.5. The lowest BCUT2D eigenvalue weighted by atomic mass is 9.91. The number of nitrogens with one attached hydrogen (secondary N) is 1. The van der Waals surface area contributed by atoms with Gasteiger partial charge in [-0.25, -0.2) is 8.78 Å². The molecule has 3 nitrogen and oxygen atoms in total. The third-order valence-corrected chi connectivity index (χ3v) is 4.89. The molecule has 146 valence electrons. The van der Waals surface area contributed by atoms with E-state index in [1.165, 1.54) is 24.3 Å². The molecule has 0 bridgehead atoms. The number of halogens is 3. The van der Waals surface area contributed by atoms with Crippen LogP contribution in [0.1, 0.15) is 31.0 Å². The number of nitrogens with zero attached hydrogens (tertiary/aromatic N) is 1. The monoisotopic (exact) mass is 394 g/mol. The van der Waals surface area contributed by atoms with Crippen LogP contribution in [0.15, 0.2) is 48.5 Å². The molecule has 27 heavy (non-hydrogen) atoms. The average Bonchev–Trinajstić information content (AvgIpc) is 2.65. The molecule has 1 unspecified atom stereocenters. The van der Waals surface area contributed by atoms with E-state index in [1.54, 1.807) is 24.3 Å². The largest absolute Gasteiger partial charge is 0.313 e. The molecule has 0 radical (unpaired) electrons. The maximum absolute atomic E-state index is 13.4. The molecule has 0 aliphatic carbocycles. The number of hydrogen-bond acceptors (Lipinski definition) is 3. The van der Waals surface area contributed by atoms with Crippen molar-refractivity contribution in [1.29, 1.82) is 0 Å². The van der Waals surface area contributed by atoms with E-state index in [1.807, 2.05) is 13.8 Å². The van der Waals surface area contributed by atoms with Gasteiger partial charge in [0.05, 0.1) is 12.1 Å². The Morgan fingerprint density at radius 3 is 1.93 bits per heavy atom. The van der Waals surface area contributed by atoms with Crippen molar-refractivity contribution in [3.05, 3.63) is 71.3 Å². The molecule has 3 rings (SSSR count). The smallest absolute Gasteiger partial charge is 0.153 e. The lowest BCUT2D eigenvalue weighted by Gasteiger charge is -2.41. The number of hydrogen-bond donors (Lipinski definition) is 1. The van der Waals surface area contributed by atoms with Gasteiger partial charge in [-0.2, -0.15) is 0 Å². The van der Waals surface area contributed by atoms with Crippen LogP contribution in [0, 0.1) is 17.6 Å². The summed E-state index contributed by atoms with van der Waals surface area (Å²) in [7, 11) is 0. The number of rotatable bonds is 5. The molecule has 0 spiro atoms. The SMILES string of the molecule is CC(C)C(=O)C1CNCCN1C(c1ccc(F)cc1)c1ccc(F)cc1.Cl. The lowest BCUT2D eigenvalue weighted by molar-refractivity contribution is -0.128. The number of Topliss-reactive ketones (excluding diaryl/α,β-unsaturated/α-hetero) is 1. The van der Waals surface area contributed by atoms with E-state index < -0.39 is 0 Å². The van der Waals surface area contributed by atoms with Crippen molar-refractivity contribution < 1.29 is 13.6 Å². The fraction of sp³-hybridized carbons (Fsp3) is 0.381. The van der Waals surface area contributed by atoms with Gasteiger partial charge >= 0.3 is 0 Å². The summed E-state index contributed by atoms with van der Waals surface area (Å²) in [6.45, 7) is 5.83. The van der Waals surface area contributed by atoms with Crippen LogP contribution in [0.3, 0.4) is 0 Å². The zero-order valence-corrected chi connectivity index (χ0v) is 16.3. The second-order valence-corrected chi connectivity index (χ2v) is 7.02. The maximum Gasteiger partial charge on any atom is 0.153 e. The second-order valence-electron chi connectivity index (χ2n) is 7.02. The second kappa shape index (κ2) is 9.40.